The topological polar surface area (TPSA) is 45.0 Å². The Kier molecular flexibility index (Phi) is 7.41. The number of rotatable bonds is 9. The maximum Gasteiger partial charge on any atom is 0.109 e. The Labute approximate surface area is 118 Å². The maximum atomic E-state index is 9.56. The van der Waals surface area contributed by atoms with Gasteiger partial charge < -0.3 is 4.74 Å². The molecule has 1 aliphatic rings. The molecule has 0 radical (unpaired) electrons. The van der Waals surface area contributed by atoms with E-state index in [0.29, 0.717) is 12.0 Å². The molecule has 1 fully saturated rings. The van der Waals surface area contributed by atoms with Crippen LogP contribution in [-0.2, 0) is 4.74 Å². The number of ether oxygens (including phenoxy) is 1. The lowest BCUT2D eigenvalue weighted by Gasteiger charge is -2.32. The van der Waals surface area contributed by atoms with E-state index < -0.39 is 0 Å². The molecule has 0 heterocycles. The van der Waals surface area contributed by atoms with Gasteiger partial charge in [0.2, 0.25) is 0 Å². The van der Waals surface area contributed by atoms with Crippen molar-refractivity contribution in [2.24, 2.45) is 5.92 Å². The fraction of sp³-hybridized carbons (Fsp3) is 0.938. The molecule has 0 spiro atoms. The van der Waals surface area contributed by atoms with E-state index in [4.69, 9.17) is 4.74 Å². The van der Waals surface area contributed by atoms with Crippen LogP contribution < -0.4 is 5.32 Å². The van der Waals surface area contributed by atoms with Gasteiger partial charge in [-0.15, -0.1) is 0 Å². The molecule has 3 nitrogen and oxygen atoms in total. The van der Waals surface area contributed by atoms with Crippen LogP contribution in [0.5, 0.6) is 0 Å². The zero-order valence-corrected chi connectivity index (χ0v) is 12.9. The summed E-state index contributed by atoms with van der Waals surface area (Å²) in [6.45, 7) is 8.12. The zero-order valence-electron chi connectivity index (χ0n) is 12.9. The van der Waals surface area contributed by atoms with Gasteiger partial charge in [0.1, 0.15) is 5.54 Å². The van der Waals surface area contributed by atoms with Crippen LogP contribution in [0.4, 0.5) is 0 Å². The fourth-order valence-corrected chi connectivity index (χ4v) is 3.13. The molecule has 0 aliphatic heterocycles. The van der Waals surface area contributed by atoms with Crippen LogP contribution in [-0.4, -0.2) is 24.8 Å². The van der Waals surface area contributed by atoms with Crippen molar-refractivity contribution in [1.29, 1.82) is 5.26 Å². The predicted molar refractivity (Wildman–Crippen MR) is 78.9 cm³/mol. The highest BCUT2D eigenvalue weighted by molar-refractivity contribution is 5.14. The minimum Gasteiger partial charge on any atom is -0.381 e. The van der Waals surface area contributed by atoms with Gasteiger partial charge in [0.25, 0.3) is 0 Å². The molecule has 1 saturated carbocycles. The Morgan fingerprint density at radius 3 is 2.79 bits per heavy atom. The van der Waals surface area contributed by atoms with Gasteiger partial charge in [0.05, 0.1) is 6.07 Å². The number of nitriles is 1. The smallest absolute Gasteiger partial charge is 0.109 e. The molecular weight excluding hydrogens is 236 g/mol. The van der Waals surface area contributed by atoms with Gasteiger partial charge in [-0.25, -0.2) is 0 Å². The van der Waals surface area contributed by atoms with Crippen molar-refractivity contribution >= 4 is 0 Å². The molecule has 0 aromatic heterocycles. The second-order valence-electron chi connectivity index (χ2n) is 6.08. The van der Waals surface area contributed by atoms with Crippen molar-refractivity contribution < 1.29 is 4.74 Å². The maximum absolute atomic E-state index is 9.56. The first kappa shape index (κ1) is 16.5. The molecule has 2 atom stereocenters. The largest absolute Gasteiger partial charge is 0.381 e. The molecule has 110 valence electrons. The highest BCUT2D eigenvalue weighted by Crippen LogP contribution is 2.37. The molecule has 0 bridgehead atoms. The van der Waals surface area contributed by atoms with Crippen LogP contribution in [0.1, 0.15) is 65.7 Å². The number of nitrogens with one attached hydrogen (secondary N) is 1. The van der Waals surface area contributed by atoms with Crippen LogP contribution in [0.15, 0.2) is 0 Å². The van der Waals surface area contributed by atoms with Gasteiger partial charge >= 0.3 is 0 Å². The molecule has 0 amide bonds. The SMILES string of the molecule is CCCCCOCCC1CCCC1(C#N)NC(C)C. The molecule has 0 aromatic rings. The minimum atomic E-state index is -0.305. The summed E-state index contributed by atoms with van der Waals surface area (Å²) in [4.78, 5) is 0. The first-order valence-electron chi connectivity index (χ1n) is 7.91. The predicted octanol–water partition coefficient (Wildman–Crippen LogP) is 3.64. The van der Waals surface area contributed by atoms with Crippen molar-refractivity contribution in [2.45, 2.75) is 77.3 Å². The lowest BCUT2D eigenvalue weighted by molar-refractivity contribution is 0.107. The van der Waals surface area contributed by atoms with Gasteiger partial charge in [-0.05, 0) is 45.4 Å². The third-order valence-corrected chi connectivity index (χ3v) is 4.07. The van der Waals surface area contributed by atoms with E-state index in [1.54, 1.807) is 0 Å². The van der Waals surface area contributed by atoms with Gasteiger partial charge in [0, 0.05) is 19.3 Å². The molecule has 1 aliphatic carbocycles. The lowest BCUT2D eigenvalue weighted by Crippen LogP contribution is -2.50. The summed E-state index contributed by atoms with van der Waals surface area (Å²) >= 11 is 0. The zero-order chi connectivity index (χ0) is 14.1. The Balaban J connectivity index is 2.33. The summed E-state index contributed by atoms with van der Waals surface area (Å²) in [5.41, 5.74) is -0.305. The normalized spacial score (nSPS) is 26.8. The summed E-state index contributed by atoms with van der Waals surface area (Å²) in [5, 5.41) is 13.1. The average Bonchev–Trinajstić information content (AvgIpc) is 2.76. The van der Waals surface area contributed by atoms with Crippen molar-refractivity contribution in [2.75, 3.05) is 13.2 Å². The van der Waals surface area contributed by atoms with E-state index in [2.05, 4.69) is 32.2 Å². The molecule has 1 rings (SSSR count). The highest BCUT2D eigenvalue weighted by Gasteiger charge is 2.42. The van der Waals surface area contributed by atoms with Crippen LogP contribution in [0.2, 0.25) is 0 Å². The third-order valence-electron chi connectivity index (χ3n) is 4.07. The van der Waals surface area contributed by atoms with E-state index in [-0.39, 0.29) is 5.54 Å². The summed E-state index contributed by atoms with van der Waals surface area (Å²) in [6.07, 6.45) is 7.97. The van der Waals surface area contributed by atoms with Gasteiger partial charge in [-0.3, -0.25) is 5.32 Å². The van der Waals surface area contributed by atoms with E-state index in [0.717, 1.165) is 45.3 Å². The monoisotopic (exact) mass is 266 g/mol. The highest BCUT2D eigenvalue weighted by atomic mass is 16.5. The minimum absolute atomic E-state index is 0.305. The van der Waals surface area contributed by atoms with E-state index in [9.17, 15) is 5.26 Å². The standard InChI is InChI=1S/C16H30N2O/c1-4-5-6-11-19-12-9-15-8-7-10-16(15,13-17)18-14(2)3/h14-15,18H,4-12H2,1-3H3. The molecule has 0 aromatic carbocycles. The summed E-state index contributed by atoms with van der Waals surface area (Å²) in [6, 6.07) is 2.92. The van der Waals surface area contributed by atoms with Crippen LogP contribution >= 0.6 is 0 Å². The first-order chi connectivity index (χ1) is 9.14. The fourth-order valence-electron chi connectivity index (χ4n) is 3.13. The van der Waals surface area contributed by atoms with Crippen LogP contribution in [0.25, 0.3) is 0 Å². The van der Waals surface area contributed by atoms with Crippen molar-refractivity contribution in [3.05, 3.63) is 0 Å². The lowest BCUT2D eigenvalue weighted by atomic mass is 9.85. The van der Waals surface area contributed by atoms with Crippen LogP contribution in [0, 0.1) is 17.2 Å². The molecule has 19 heavy (non-hydrogen) atoms. The van der Waals surface area contributed by atoms with E-state index in [1.807, 2.05) is 0 Å². The number of unbranched alkanes of at least 4 members (excludes halogenated alkanes) is 2. The average molecular weight is 266 g/mol. The Morgan fingerprint density at radius 1 is 1.37 bits per heavy atom. The number of hydrogen-bond acceptors (Lipinski definition) is 3. The number of nitrogens with zero attached hydrogens (tertiary/aromatic N) is 1. The van der Waals surface area contributed by atoms with Gasteiger partial charge in [-0.2, -0.15) is 5.26 Å². The second kappa shape index (κ2) is 8.55. The molecule has 2 unspecified atom stereocenters. The molecule has 1 N–H and O–H groups in total. The first-order valence-corrected chi connectivity index (χ1v) is 7.91. The van der Waals surface area contributed by atoms with Crippen molar-refractivity contribution in [3.63, 3.8) is 0 Å². The van der Waals surface area contributed by atoms with E-state index >= 15 is 0 Å². The second-order valence-corrected chi connectivity index (χ2v) is 6.08. The molecule has 0 saturated heterocycles. The molecular formula is C16H30N2O. The van der Waals surface area contributed by atoms with Gasteiger partial charge in [-0.1, -0.05) is 26.2 Å². The summed E-state index contributed by atoms with van der Waals surface area (Å²) in [7, 11) is 0. The Hall–Kier alpha value is -0.590. The van der Waals surface area contributed by atoms with Crippen molar-refractivity contribution in [3.8, 4) is 6.07 Å². The summed E-state index contributed by atoms with van der Waals surface area (Å²) in [5.74, 6) is 0.450. The van der Waals surface area contributed by atoms with Gasteiger partial charge in [0.15, 0.2) is 0 Å². The quantitative estimate of drug-likeness (QED) is 0.648. The Morgan fingerprint density at radius 2 is 2.16 bits per heavy atom. The van der Waals surface area contributed by atoms with Crippen molar-refractivity contribution in [1.82, 2.24) is 5.32 Å². The molecule has 3 heteroatoms. The summed E-state index contributed by atoms with van der Waals surface area (Å²) < 4.78 is 5.70. The third kappa shape index (κ3) is 5.12. The number of hydrogen-bond donors (Lipinski definition) is 1. The Bertz CT molecular complexity index is 285. The van der Waals surface area contributed by atoms with Crippen LogP contribution in [0.3, 0.4) is 0 Å². The van der Waals surface area contributed by atoms with E-state index in [1.165, 1.54) is 12.8 Å².